The molecule has 0 unspecified atom stereocenters. The van der Waals surface area contributed by atoms with E-state index in [0.717, 1.165) is 0 Å². The summed E-state index contributed by atoms with van der Waals surface area (Å²) in [4.78, 5) is 30.1. The van der Waals surface area contributed by atoms with Gasteiger partial charge in [-0.25, -0.2) is 0 Å². The van der Waals surface area contributed by atoms with E-state index in [0.29, 0.717) is 0 Å². The third-order valence-corrected chi connectivity index (χ3v) is 4.72. The smallest absolute Gasteiger partial charge is 0.245 e. The quantitative estimate of drug-likeness (QED) is 0.675. The predicted molar refractivity (Wildman–Crippen MR) is 105 cm³/mol. The highest BCUT2D eigenvalue weighted by Gasteiger charge is 2.47. The van der Waals surface area contributed by atoms with Crippen LogP contribution in [-0.4, -0.2) is 52.9 Å². The van der Waals surface area contributed by atoms with E-state index in [4.69, 9.17) is 28.7 Å². The van der Waals surface area contributed by atoms with Gasteiger partial charge in [0.2, 0.25) is 18.6 Å². The fourth-order valence-corrected chi connectivity index (χ4v) is 3.49. The minimum absolute atomic E-state index is 0.0682. The van der Waals surface area contributed by atoms with Gasteiger partial charge >= 0.3 is 0 Å². The highest BCUT2D eigenvalue weighted by atomic mass is 16.7. The minimum atomic E-state index is -3.72. The Morgan fingerprint density at radius 3 is 3.00 bits per heavy atom. The van der Waals surface area contributed by atoms with Crippen LogP contribution in [0, 0.1) is 0 Å². The van der Waals surface area contributed by atoms with E-state index in [-0.39, 0.29) is 10.6 Å². The van der Waals surface area contributed by atoms with Crippen LogP contribution in [0.3, 0.4) is 0 Å². The summed E-state index contributed by atoms with van der Waals surface area (Å²) in [5.41, 5.74) is -2.94. The van der Waals surface area contributed by atoms with Crippen molar-refractivity contribution < 1.29 is 39.6 Å². The number of piperazine rings is 1. The van der Waals surface area contributed by atoms with E-state index in [1.165, 1.54) is 0 Å². The van der Waals surface area contributed by atoms with Gasteiger partial charge < -0.3 is 24.3 Å². The van der Waals surface area contributed by atoms with Crippen molar-refractivity contribution in [2.75, 3.05) is 20.3 Å². The molecule has 1 N–H and O–H groups in total. The second-order valence-corrected chi connectivity index (χ2v) is 6.30. The number of hydrogen-bond donors (Lipinski definition) is 1. The number of ether oxygens (including phenoxy) is 2. The fourth-order valence-electron chi connectivity index (χ4n) is 3.49. The summed E-state index contributed by atoms with van der Waals surface area (Å²) in [6, 6.07) is -11.6. The first kappa shape index (κ1) is 7.40. The molecule has 146 valence electrons. The topological polar surface area (TPSA) is 74.9 Å². The Kier molecular flexibility index (Phi) is 1.47. The predicted octanol–water partition coefficient (Wildman–Crippen LogP) is 2.21. The van der Waals surface area contributed by atoms with Gasteiger partial charge in [0, 0.05) is 36.8 Å². The van der Waals surface area contributed by atoms with Gasteiger partial charge in [0.15, 0.2) is 11.5 Å². The highest BCUT2D eigenvalue weighted by Crippen LogP contribution is 2.44. The number of benzene rings is 2. The van der Waals surface area contributed by atoms with Crippen molar-refractivity contribution >= 4 is 22.7 Å². The van der Waals surface area contributed by atoms with Crippen molar-refractivity contribution in [3.8, 4) is 11.5 Å². The van der Waals surface area contributed by atoms with Gasteiger partial charge in [-0.2, -0.15) is 0 Å². The van der Waals surface area contributed by atoms with Crippen molar-refractivity contribution in [3.05, 3.63) is 59.1 Å². The molecule has 0 radical (unpaired) electrons. The van der Waals surface area contributed by atoms with Crippen LogP contribution in [0.1, 0.15) is 43.4 Å². The van der Waals surface area contributed by atoms with Gasteiger partial charge in [0.05, 0.1) is 26.2 Å². The number of carbonyl (C=O) groups excluding carboxylic acids is 2. The number of nitrogens with zero attached hydrogens (tertiary/aromatic N) is 2. The Balaban J connectivity index is 1.85. The van der Waals surface area contributed by atoms with Crippen LogP contribution >= 0.6 is 0 Å². The summed E-state index contributed by atoms with van der Waals surface area (Å²) in [6.45, 7) is -7.86. The molecule has 3 aromatic rings. The van der Waals surface area contributed by atoms with E-state index >= 15 is 0 Å². The van der Waals surface area contributed by atoms with Crippen LogP contribution in [0.4, 0.5) is 0 Å². The molecule has 3 aliphatic rings. The third kappa shape index (κ3) is 2.24. The van der Waals surface area contributed by atoms with E-state index in [1.807, 2.05) is 0 Å². The molecule has 6 rings (SSSR count). The molecule has 7 nitrogen and oxygen atoms in total. The summed E-state index contributed by atoms with van der Waals surface area (Å²) in [5, 5.41) is -0.563. The number of fused-ring (bicyclic) bond motifs is 5. The lowest BCUT2D eigenvalue weighted by Crippen LogP contribution is -2.62. The third-order valence-electron chi connectivity index (χ3n) is 4.72. The van der Waals surface area contributed by atoms with Gasteiger partial charge in [0.25, 0.3) is 0 Å². The largest absolute Gasteiger partial charge is 0.454 e. The van der Waals surface area contributed by atoms with E-state index < -0.39 is 131 Å². The number of aromatic amines is 1. The number of para-hydroxylation sites is 1. The van der Waals surface area contributed by atoms with Gasteiger partial charge in [-0.05, 0) is 29.3 Å². The van der Waals surface area contributed by atoms with Crippen LogP contribution < -0.4 is 9.47 Å². The Bertz CT molecular complexity index is 1860. The van der Waals surface area contributed by atoms with E-state index in [1.54, 1.807) is 0 Å². The molecule has 2 amide bonds. The Labute approximate surface area is 187 Å². The average molecular weight is 405 g/mol. The Morgan fingerprint density at radius 2 is 2.10 bits per heavy atom. The van der Waals surface area contributed by atoms with Crippen LogP contribution in [0.25, 0.3) is 10.9 Å². The molecule has 29 heavy (non-hydrogen) atoms. The average Bonchev–Trinajstić information content (AvgIpc) is 3.57. The Hall–Kier alpha value is -3.48. The van der Waals surface area contributed by atoms with Gasteiger partial charge in [-0.15, -0.1) is 0 Å². The molecular formula is C22H19N3O4. The van der Waals surface area contributed by atoms with Gasteiger partial charge in [-0.1, -0.05) is 24.2 Å². The molecule has 0 saturated carbocycles. The molecule has 2 aromatic carbocycles. The van der Waals surface area contributed by atoms with Crippen LogP contribution in [0.2, 0.25) is 0 Å². The van der Waals surface area contributed by atoms with Crippen LogP contribution in [0.5, 0.6) is 11.5 Å². The standard InChI is InChI=1S/C22H19N3O4/c1-24-10-19(26)25-16(22(24)27)9-14-13-4-2-3-5-15(13)23-20(14)21(25)12-6-7-17-18(8-12)29-11-28-17/h2-8,16,21,23H,9-11H2,1H3/t16-,21-/m1/s1/i1D3,2D,3D,4D,5D,6D,7D,8D,9D2,10D2,21D. The number of likely N-dealkylation sites (N-methyl/N-ethyl adjacent to an activating group) is 1. The summed E-state index contributed by atoms with van der Waals surface area (Å²) < 4.78 is 138. The van der Waals surface area contributed by atoms with Crippen molar-refractivity contribution in [1.82, 2.24) is 14.8 Å². The molecule has 1 saturated heterocycles. The lowest BCUT2D eigenvalue weighted by molar-refractivity contribution is -0.157. The van der Waals surface area contributed by atoms with Crippen molar-refractivity contribution in [1.29, 1.82) is 0 Å². The number of H-pyrrole nitrogens is 1. The molecule has 0 spiro atoms. The first-order valence-corrected chi connectivity index (χ1v) is 8.35. The molecule has 4 heterocycles. The number of rotatable bonds is 1. The summed E-state index contributed by atoms with van der Waals surface area (Å²) in [7, 11) is 0. The van der Waals surface area contributed by atoms with Crippen molar-refractivity contribution in [2.45, 2.75) is 18.4 Å². The number of amides is 2. The van der Waals surface area contributed by atoms with Crippen molar-refractivity contribution in [3.63, 3.8) is 0 Å². The summed E-state index contributed by atoms with van der Waals surface area (Å²) in [5.74, 6) is -4.55. The SMILES string of the molecule is [2H]c1c([2H])c([C@]2([2H])c3[nH]c4c([2H])c([2H])c([2H])c([2H])c4c3C([2H])([2H])[C@@H]3C(=O)N(C([2H])([2H])[2H])C([2H])([2H])C(=O)N32)c([2H])c2c1OCO2. The van der Waals surface area contributed by atoms with E-state index in [9.17, 15) is 11.0 Å². The first-order valence-electron chi connectivity index (χ1n) is 15.8. The second kappa shape index (κ2) is 5.76. The second-order valence-electron chi connectivity index (χ2n) is 6.30. The lowest BCUT2D eigenvalue weighted by atomic mass is 9.86. The Morgan fingerprint density at radius 1 is 1.24 bits per heavy atom. The highest BCUT2D eigenvalue weighted by molar-refractivity contribution is 5.97. The van der Waals surface area contributed by atoms with Gasteiger partial charge in [0.1, 0.15) is 6.04 Å². The molecule has 2 atom stereocenters. The monoisotopic (exact) mass is 404 g/mol. The molecule has 3 aliphatic heterocycles. The maximum absolute atomic E-state index is 14.0. The zero-order valence-electron chi connectivity index (χ0n) is 29.3. The summed E-state index contributed by atoms with van der Waals surface area (Å²) in [6.07, 6.45) is -3.26. The molecule has 0 bridgehead atoms. The minimum Gasteiger partial charge on any atom is -0.454 e. The van der Waals surface area contributed by atoms with Gasteiger partial charge in [-0.3, -0.25) is 9.59 Å². The normalized spacial score (nSPS) is 36.7. The zero-order chi connectivity index (χ0) is 32.8. The van der Waals surface area contributed by atoms with E-state index in [2.05, 4.69) is 4.98 Å². The number of hydrogen-bond acceptors (Lipinski definition) is 4. The number of aromatic nitrogens is 1. The molecular weight excluding hydrogens is 370 g/mol. The molecule has 1 aromatic heterocycles. The molecule has 1 fully saturated rings. The molecule has 7 heteroatoms. The summed E-state index contributed by atoms with van der Waals surface area (Å²) >= 11 is 0. The number of nitrogens with one attached hydrogen (secondary N) is 1. The molecule has 0 aliphatic carbocycles. The van der Waals surface area contributed by atoms with Crippen molar-refractivity contribution in [2.24, 2.45) is 0 Å². The maximum atomic E-state index is 14.0. The number of carbonyl (C=O) groups is 2. The first-order chi connectivity index (χ1) is 20.1. The van der Waals surface area contributed by atoms with Crippen LogP contribution in [0.15, 0.2) is 42.3 Å². The lowest BCUT2D eigenvalue weighted by Gasteiger charge is -2.46. The maximum Gasteiger partial charge on any atom is 0.245 e. The van der Waals surface area contributed by atoms with Crippen LogP contribution in [-0.2, 0) is 16.0 Å². The zero-order valence-corrected chi connectivity index (χ0v) is 14.3. The fraction of sp³-hybridized carbons (Fsp3) is 0.273.